The summed E-state index contributed by atoms with van der Waals surface area (Å²) in [7, 11) is 0. The maximum absolute atomic E-state index is 12.2. The summed E-state index contributed by atoms with van der Waals surface area (Å²) >= 11 is 0. The third kappa shape index (κ3) is 12.4. The second kappa shape index (κ2) is 21.0. The summed E-state index contributed by atoms with van der Waals surface area (Å²) in [6, 6.07) is 16.9. The van der Waals surface area contributed by atoms with Crippen molar-refractivity contribution in [1.82, 2.24) is 19.9 Å². The van der Waals surface area contributed by atoms with Gasteiger partial charge in [0.05, 0.1) is 5.69 Å². The number of aromatic nitrogens is 3. The average Bonchev–Trinajstić information content (AvgIpc) is 3.38. The van der Waals surface area contributed by atoms with Crippen LogP contribution in [-0.2, 0) is 13.0 Å². The number of aryl methyl sites for hydroxylation is 3. The van der Waals surface area contributed by atoms with Gasteiger partial charge in [-0.15, -0.1) is 0 Å². The Morgan fingerprint density at radius 2 is 1.70 bits per heavy atom. The minimum atomic E-state index is -0.301. The number of aromatic amines is 1. The SMILES string of the molecule is CC.CC.Cc1cc(CCCCN)cc(C2CCC2)c1.Cc1cc2cn(-c3ccc(CNCCCN=C(N)N)cc3)c(=O)nc2[nH]1. The van der Waals surface area contributed by atoms with Gasteiger partial charge in [-0.3, -0.25) is 9.56 Å². The zero-order valence-corrected chi connectivity index (χ0v) is 29.0. The maximum atomic E-state index is 12.2. The molecule has 4 aromatic rings. The summed E-state index contributed by atoms with van der Waals surface area (Å²) in [6.07, 6.45) is 10.5. The molecule has 1 fully saturated rings. The molecule has 1 aliphatic rings. The fourth-order valence-electron chi connectivity index (χ4n) is 5.23. The molecule has 2 heterocycles. The lowest BCUT2D eigenvalue weighted by Gasteiger charge is -2.26. The summed E-state index contributed by atoms with van der Waals surface area (Å²) in [6.45, 7) is 15.2. The highest BCUT2D eigenvalue weighted by molar-refractivity contribution is 5.76. The molecule has 9 heteroatoms. The van der Waals surface area contributed by atoms with Gasteiger partial charge >= 0.3 is 5.69 Å². The molecular formula is C37H58N8O. The number of benzene rings is 2. The van der Waals surface area contributed by atoms with E-state index < -0.39 is 0 Å². The molecule has 0 amide bonds. The van der Waals surface area contributed by atoms with Crippen molar-refractivity contribution in [3.05, 3.63) is 93.2 Å². The molecular weight excluding hydrogens is 572 g/mol. The van der Waals surface area contributed by atoms with Crippen molar-refractivity contribution in [2.24, 2.45) is 22.2 Å². The molecule has 2 aromatic carbocycles. The van der Waals surface area contributed by atoms with Crippen molar-refractivity contribution >= 4 is 17.0 Å². The summed E-state index contributed by atoms with van der Waals surface area (Å²) in [5.41, 5.74) is 23.8. The molecule has 2 aromatic heterocycles. The van der Waals surface area contributed by atoms with Crippen LogP contribution in [0.2, 0.25) is 0 Å². The minimum Gasteiger partial charge on any atom is -0.370 e. The number of fused-ring (bicyclic) bond motifs is 1. The van der Waals surface area contributed by atoms with Crippen LogP contribution in [0, 0.1) is 13.8 Å². The normalized spacial score (nSPS) is 12.1. The van der Waals surface area contributed by atoms with E-state index >= 15 is 0 Å². The molecule has 0 saturated heterocycles. The molecule has 0 unspecified atom stereocenters. The van der Waals surface area contributed by atoms with Gasteiger partial charge in [0.15, 0.2) is 5.96 Å². The first kappa shape index (κ1) is 38.2. The van der Waals surface area contributed by atoms with E-state index in [0.717, 1.165) is 60.7 Å². The second-order valence-corrected chi connectivity index (χ2v) is 11.3. The summed E-state index contributed by atoms with van der Waals surface area (Å²) in [4.78, 5) is 23.3. The van der Waals surface area contributed by atoms with Crippen molar-refractivity contribution in [3.63, 3.8) is 0 Å². The van der Waals surface area contributed by atoms with Crippen molar-refractivity contribution < 1.29 is 0 Å². The Balaban J connectivity index is 0.000000315. The number of nitrogens with one attached hydrogen (secondary N) is 2. The smallest absolute Gasteiger partial charge is 0.354 e. The summed E-state index contributed by atoms with van der Waals surface area (Å²) in [5, 5.41) is 4.25. The first-order chi connectivity index (χ1) is 22.3. The van der Waals surface area contributed by atoms with Crippen LogP contribution in [-0.4, -0.2) is 40.1 Å². The number of hydrogen-bond donors (Lipinski definition) is 5. The van der Waals surface area contributed by atoms with Crippen LogP contribution < -0.4 is 28.2 Å². The van der Waals surface area contributed by atoms with Crippen LogP contribution in [0.5, 0.6) is 0 Å². The van der Waals surface area contributed by atoms with Gasteiger partial charge in [0.2, 0.25) is 0 Å². The van der Waals surface area contributed by atoms with Gasteiger partial charge in [-0.1, -0.05) is 70.0 Å². The van der Waals surface area contributed by atoms with Crippen molar-refractivity contribution in [3.8, 4) is 5.69 Å². The van der Waals surface area contributed by atoms with E-state index in [2.05, 4.69) is 45.4 Å². The lowest BCUT2D eigenvalue weighted by atomic mass is 9.79. The number of unbranched alkanes of at least 4 members (excludes halogenated alkanes) is 1. The van der Waals surface area contributed by atoms with Crippen LogP contribution in [0.4, 0.5) is 0 Å². The number of aliphatic imine (C=N–C) groups is 1. The quantitative estimate of drug-likeness (QED) is 0.0696. The van der Waals surface area contributed by atoms with E-state index in [9.17, 15) is 4.79 Å². The van der Waals surface area contributed by atoms with Crippen molar-refractivity contribution in [2.45, 2.75) is 99.0 Å². The van der Waals surface area contributed by atoms with E-state index in [1.807, 2.05) is 71.1 Å². The molecule has 1 saturated carbocycles. The Bertz CT molecular complexity index is 1510. The van der Waals surface area contributed by atoms with Gasteiger partial charge in [-0.25, -0.2) is 4.79 Å². The highest BCUT2D eigenvalue weighted by Crippen LogP contribution is 2.37. The zero-order chi connectivity index (χ0) is 33.9. The topological polar surface area (TPSA) is 153 Å². The molecule has 1 aliphatic carbocycles. The molecule has 252 valence electrons. The van der Waals surface area contributed by atoms with Crippen LogP contribution in [0.3, 0.4) is 0 Å². The van der Waals surface area contributed by atoms with E-state index in [4.69, 9.17) is 17.2 Å². The van der Waals surface area contributed by atoms with Crippen LogP contribution >= 0.6 is 0 Å². The Kier molecular flexibility index (Phi) is 17.4. The Hall–Kier alpha value is -3.95. The number of nitrogens with zero attached hydrogens (tertiary/aromatic N) is 3. The second-order valence-electron chi connectivity index (χ2n) is 11.3. The molecule has 0 spiro atoms. The molecule has 0 aliphatic heterocycles. The van der Waals surface area contributed by atoms with Crippen LogP contribution in [0.25, 0.3) is 16.7 Å². The highest BCUT2D eigenvalue weighted by atomic mass is 16.1. The number of rotatable bonds is 12. The minimum absolute atomic E-state index is 0.123. The molecule has 9 nitrogen and oxygen atoms in total. The van der Waals surface area contributed by atoms with Crippen LogP contribution in [0.15, 0.2) is 64.5 Å². The van der Waals surface area contributed by atoms with Gasteiger partial charge in [-0.05, 0) is 106 Å². The van der Waals surface area contributed by atoms with Gasteiger partial charge < -0.3 is 27.5 Å². The Labute approximate surface area is 276 Å². The predicted molar refractivity (Wildman–Crippen MR) is 196 cm³/mol. The number of H-pyrrole nitrogens is 1. The Morgan fingerprint density at radius 3 is 2.33 bits per heavy atom. The molecule has 5 rings (SSSR count). The Morgan fingerprint density at radius 1 is 0.978 bits per heavy atom. The average molecular weight is 631 g/mol. The maximum Gasteiger partial charge on any atom is 0.354 e. The highest BCUT2D eigenvalue weighted by Gasteiger charge is 2.19. The third-order valence-electron chi connectivity index (χ3n) is 7.65. The predicted octanol–water partition coefficient (Wildman–Crippen LogP) is 6.37. The fraction of sp³-hybridized carbons (Fsp3) is 0.486. The van der Waals surface area contributed by atoms with Crippen LogP contribution in [0.1, 0.15) is 100 Å². The van der Waals surface area contributed by atoms with Gasteiger partial charge in [-0.2, -0.15) is 4.98 Å². The fourth-order valence-corrected chi connectivity index (χ4v) is 5.23. The molecule has 46 heavy (non-hydrogen) atoms. The first-order valence-electron chi connectivity index (χ1n) is 17.1. The summed E-state index contributed by atoms with van der Waals surface area (Å²) < 4.78 is 1.56. The standard InChI is InChI=1S/C18H23N7O.C15H23N.2C2H6/c1-12-9-14-11-25(18(26)24-16(14)23-12)15-5-3-13(4-6-15)10-21-7-2-8-22-17(19)20;1-12-9-13(5-2-3-8-16)11-15(10-12)14-6-4-7-14;2*1-2/h3-6,9,11,21H,2,7-8,10H2,1H3,(H4,19,20,22)(H,23,24,26);9-11,14H,2-8,16H2,1H3;2*1-2H3. The molecule has 0 radical (unpaired) electrons. The van der Waals surface area contributed by atoms with Gasteiger partial charge in [0, 0.05) is 30.4 Å². The van der Waals surface area contributed by atoms with E-state index in [1.165, 1.54) is 43.2 Å². The van der Waals surface area contributed by atoms with Gasteiger partial charge in [0.25, 0.3) is 0 Å². The van der Waals surface area contributed by atoms with Crippen molar-refractivity contribution in [1.29, 1.82) is 0 Å². The van der Waals surface area contributed by atoms with E-state index in [0.29, 0.717) is 12.2 Å². The van der Waals surface area contributed by atoms with E-state index in [1.54, 1.807) is 10.1 Å². The lowest BCUT2D eigenvalue weighted by Crippen LogP contribution is -2.23. The third-order valence-corrected chi connectivity index (χ3v) is 7.65. The molecule has 0 atom stereocenters. The number of hydrogen-bond acceptors (Lipinski definition) is 5. The largest absolute Gasteiger partial charge is 0.370 e. The lowest BCUT2D eigenvalue weighted by molar-refractivity contribution is 0.419. The van der Waals surface area contributed by atoms with E-state index in [-0.39, 0.29) is 11.6 Å². The molecule has 0 bridgehead atoms. The monoisotopic (exact) mass is 630 g/mol. The first-order valence-corrected chi connectivity index (χ1v) is 17.1. The van der Waals surface area contributed by atoms with Crippen molar-refractivity contribution in [2.75, 3.05) is 19.6 Å². The summed E-state index contributed by atoms with van der Waals surface area (Å²) in [5.74, 6) is 0.978. The zero-order valence-electron chi connectivity index (χ0n) is 29.0. The number of guanidine groups is 1. The van der Waals surface area contributed by atoms with Gasteiger partial charge in [0.1, 0.15) is 5.65 Å². The number of nitrogens with two attached hydrogens (primary N) is 3. The molecule has 8 N–H and O–H groups in total.